The van der Waals surface area contributed by atoms with Gasteiger partial charge in [-0.3, -0.25) is 18.7 Å². The second-order valence-electron chi connectivity index (χ2n) is 9.74. The van der Waals surface area contributed by atoms with E-state index < -0.39 is 46.6 Å². The fourth-order valence-electron chi connectivity index (χ4n) is 6.00. The smallest absolute Gasteiger partial charge is 0.416 e. The number of aromatic carboxylic acids is 1. The van der Waals surface area contributed by atoms with Crippen LogP contribution in [-0.4, -0.2) is 56.8 Å². The van der Waals surface area contributed by atoms with Crippen molar-refractivity contribution < 1.29 is 32.6 Å². The van der Waals surface area contributed by atoms with E-state index in [9.17, 15) is 37.5 Å². The van der Waals surface area contributed by atoms with E-state index in [0.29, 0.717) is 38.8 Å². The Morgan fingerprint density at radius 3 is 2.38 bits per heavy atom. The lowest BCUT2D eigenvalue weighted by molar-refractivity contribution is -0.146. The Bertz CT molecular complexity index is 1360. The van der Waals surface area contributed by atoms with Crippen molar-refractivity contribution in [1.29, 1.82) is 0 Å². The molecule has 1 N–H and O–H groups in total. The minimum Gasteiger partial charge on any atom is -0.477 e. The van der Waals surface area contributed by atoms with Crippen molar-refractivity contribution in [2.45, 2.75) is 62.8 Å². The maximum atomic E-state index is 13.6. The van der Waals surface area contributed by atoms with E-state index in [1.165, 1.54) is 16.7 Å². The molecule has 0 radical (unpaired) electrons. The van der Waals surface area contributed by atoms with Crippen LogP contribution in [-0.2, 0) is 22.1 Å². The lowest BCUT2D eigenvalue weighted by Crippen LogP contribution is -2.50. The Labute approximate surface area is 209 Å². The molecule has 1 aromatic heterocycles. The average Bonchev–Trinajstić information content (AvgIpc) is 3.28. The molecule has 1 saturated carbocycles. The molecule has 1 aliphatic heterocycles. The van der Waals surface area contributed by atoms with Gasteiger partial charge in [0.05, 0.1) is 18.2 Å². The topological polar surface area (TPSA) is 111 Å². The number of rotatable bonds is 4. The van der Waals surface area contributed by atoms with Gasteiger partial charge in [-0.25, -0.2) is 9.59 Å². The summed E-state index contributed by atoms with van der Waals surface area (Å²) >= 11 is 0. The number of amides is 1. The quantitative estimate of drug-likeness (QED) is 0.663. The van der Waals surface area contributed by atoms with Crippen molar-refractivity contribution in [2.75, 3.05) is 19.8 Å². The number of aromatic nitrogens is 2. The zero-order chi connectivity index (χ0) is 26.5. The number of carbonyl (C=O) groups excluding carboxylic acids is 1. The fraction of sp³-hybridized carbons (Fsp3) is 0.520. The monoisotopic (exact) mass is 521 g/mol. The third-order valence-electron chi connectivity index (χ3n) is 7.75. The van der Waals surface area contributed by atoms with Crippen LogP contribution in [0, 0.1) is 0 Å². The van der Waals surface area contributed by atoms with Gasteiger partial charge in [0.1, 0.15) is 12.2 Å². The summed E-state index contributed by atoms with van der Waals surface area (Å²) in [4.78, 5) is 52.6. The molecular weight excluding hydrogens is 495 g/mol. The molecule has 0 spiro atoms. The van der Waals surface area contributed by atoms with Crippen LogP contribution in [0.1, 0.15) is 71.2 Å². The summed E-state index contributed by atoms with van der Waals surface area (Å²) in [6.45, 7) is 0.978. The number of nitrogens with zero attached hydrogens (tertiary/aromatic N) is 3. The van der Waals surface area contributed by atoms with E-state index >= 15 is 0 Å². The molecule has 1 atom stereocenters. The largest absolute Gasteiger partial charge is 0.477 e. The Balaban J connectivity index is 1.51. The molecule has 2 heterocycles. The molecule has 1 amide bonds. The second-order valence-corrected chi connectivity index (χ2v) is 9.74. The summed E-state index contributed by atoms with van der Waals surface area (Å²) in [5.41, 5.74) is -2.96. The number of hydrogen-bond donors (Lipinski definition) is 1. The van der Waals surface area contributed by atoms with Gasteiger partial charge in [0.15, 0.2) is 0 Å². The van der Waals surface area contributed by atoms with Gasteiger partial charge < -0.3 is 14.7 Å². The highest BCUT2D eigenvalue weighted by Gasteiger charge is 2.39. The minimum absolute atomic E-state index is 0.0115. The van der Waals surface area contributed by atoms with E-state index in [1.54, 1.807) is 4.90 Å². The fourth-order valence-corrected chi connectivity index (χ4v) is 6.00. The zero-order valence-electron chi connectivity index (χ0n) is 19.9. The van der Waals surface area contributed by atoms with E-state index in [0.717, 1.165) is 16.8 Å². The van der Waals surface area contributed by atoms with Crippen molar-refractivity contribution in [1.82, 2.24) is 14.0 Å². The number of carboxylic acid groups (broad SMARTS) is 1. The van der Waals surface area contributed by atoms with Gasteiger partial charge in [-0.15, -0.1) is 0 Å². The highest BCUT2D eigenvalue weighted by molar-refractivity contribution is 5.86. The van der Waals surface area contributed by atoms with Crippen LogP contribution in [0.25, 0.3) is 0 Å². The standard InChI is InChI=1S/C25H26F3N3O6/c26-25(27,28)19-3-1-2-17-16(19)8-9-20(17)31-22(33)18(23(34)35)12-30(24(31)36)15-6-4-14(5-7-15)29-10-11-37-13-21(29)32/h1-3,12,14-15,20H,4-11,13H2,(H,34,35)/t14-,15-,20-/m0/s1. The lowest BCUT2D eigenvalue weighted by Gasteiger charge is -2.39. The molecule has 1 saturated heterocycles. The van der Waals surface area contributed by atoms with E-state index in [2.05, 4.69) is 0 Å². The van der Waals surface area contributed by atoms with E-state index in [1.807, 2.05) is 0 Å². The Morgan fingerprint density at radius 2 is 1.73 bits per heavy atom. The Morgan fingerprint density at radius 1 is 1.03 bits per heavy atom. The summed E-state index contributed by atoms with van der Waals surface area (Å²) in [6, 6.07) is 2.23. The van der Waals surface area contributed by atoms with Gasteiger partial charge in [-0.05, 0) is 55.7 Å². The molecule has 2 aromatic rings. The van der Waals surface area contributed by atoms with E-state index in [4.69, 9.17) is 4.74 Å². The first-order chi connectivity index (χ1) is 17.6. The molecule has 37 heavy (non-hydrogen) atoms. The van der Waals surface area contributed by atoms with Crippen molar-refractivity contribution in [3.63, 3.8) is 0 Å². The number of morpholine rings is 1. The molecule has 198 valence electrons. The molecule has 2 aliphatic carbocycles. The van der Waals surface area contributed by atoms with Crippen LogP contribution in [0.5, 0.6) is 0 Å². The number of alkyl halides is 3. The highest BCUT2D eigenvalue weighted by Crippen LogP contribution is 2.41. The predicted molar refractivity (Wildman–Crippen MR) is 124 cm³/mol. The summed E-state index contributed by atoms with van der Waals surface area (Å²) in [5.74, 6) is -1.60. The number of benzene rings is 1. The summed E-state index contributed by atoms with van der Waals surface area (Å²) < 4.78 is 47.9. The van der Waals surface area contributed by atoms with Crippen LogP contribution in [0.2, 0.25) is 0 Å². The summed E-state index contributed by atoms with van der Waals surface area (Å²) in [5, 5.41) is 9.70. The van der Waals surface area contributed by atoms with Crippen LogP contribution < -0.4 is 11.2 Å². The molecule has 12 heteroatoms. The first kappa shape index (κ1) is 25.2. The summed E-state index contributed by atoms with van der Waals surface area (Å²) in [6.07, 6.45) is -1.32. The summed E-state index contributed by atoms with van der Waals surface area (Å²) in [7, 11) is 0. The first-order valence-electron chi connectivity index (χ1n) is 12.2. The van der Waals surface area contributed by atoms with Gasteiger partial charge in [0, 0.05) is 24.8 Å². The number of hydrogen-bond acceptors (Lipinski definition) is 5. The number of ether oxygens (including phenoxy) is 1. The first-order valence-corrected chi connectivity index (χ1v) is 12.2. The zero-order valence-corrected chi connectivity index (χ0v) is 19.9. The molecular formula is C25H26F3N3O6. The molecule has 0 unspecified atom stereocenters. The average molecular weight is 521 g/mol. The maximum Gasteiger partial charge on any atom is 0.416 e. The normalized spacial score (nSPS) is 24.2. The predicted octanol–water partition coefficient (Wildman–Crippen LogP) is 2.61. The molecule has 5 rings (SSSR count). The second kappa shape index (κ2) is 9.47. The van der Waals surface area contributed by atoms with Crippen molar-refractivity contribution in [3.05, 3.63) is 67.5 Å². The van der Waals surface area contributed by atoms with Crippen molar-refractivity contribution in [3.8, 4) is 0 Å². The lowest BCUT2D eigenvalue weighted by atomic mass is 9.89. The SMILES string of the molecule is O=C(O)c1cn([C@H]2CC[C@H](N3CCOCC3=O)CC2)c(=O)n([C@H]2CCc3c2cccc3C(F)(F)F)c1=O. The minimum atomic E-state index is -4.59. The van der Waals surface area contributed by atoms with Gasteiger partial charge in [-0.2, -0.15) is 13.2 Å². The molecule has 0 bridgehead atoms. The number of fused-ring (bicyclic) bond motifs is 1. The third kappa shape index (κ3) is 4.47. The van der Waals surface area contributed by atoms with Gasteiger partial charge >= 0.3 is 17.8 Å². The van der Waals surface area contributed by atoms with Crippen molar-refractivity contribution >= 4 is 11.9 Å². The van der Waals surface area contributed by atoms with E-state index in [-0.39, 0.29) is 42.5 Å². The molecule has 1 aromatic carbocycles. The number of halogens is 3. The van der Waals surface area contributed by atoms with Crippen LogP contribution in [0.4, 0.5) is 13.2 Å². The van der Waals surface area contributed by atoms with Gasteiger partial charge in [-0.1, -0.05) is 12.1 Å². The van der Waals surface area contributed by atoms with Crippen LogP contribution in [0.3, 0.4) is 0 Å². The van der Waals surface area contributed by atoms with Crippen LogP contribution >= 0.6 is 0 Å². The van der Waals surface area contributed by atoms with Gasteiger partial charge in [0.25, 0.3) is 5.56 Å². The molecule has 3 aliphatic rings. The molecule has 2 fully saturated rings. The van der Waals surface area contributed by atoms with Gasteiger partial charge in [0.2, 0.25) is 5.91 Å². The number of carbonyl (C=O) groups is 2. The van der Waals surface area contributed by atoms with Crippen molar-refractivity contribution in [2.24, 2.45) is 0 Å². The van der Waals surface area contributed by atoms with Crippen LogP contribution in [0.15, 0.2) is 34.0 Å². The third-order valence-corrected chi connectivity index (χ3v) is 7.75. The highest BCUT2D eigenvalue weighted by atomic mass is 19.4. The number of carboxylic acids is 1. The maximum absolute atomic E-state index is 13.6. The molecule has 9 nitrogen and oxygen atoms in total. The Hall–Kier alpha value is -3.41. The Kier molecular flexibility index (Phi) is 6.47.